The standard InChI is InChI=1S/C21H25Cl2N3O3/c1-28-17-4-6-20(29-2)15(11-17)13-25-7-9-26(10-8-25)14-21(27)24-19-12-16(22)3-5-18(19)23/h3-6,11-12H,7-10,13-14H2,1-2H3,(H,24,27). The molecule has 6 nitrogen and oxygen atoms in total. The Hall–Kier alpha value is -1.99. The molecular weight excluding hydrogens is 413 g/mol. The Kier molecular flexibility index (Phi) is 7.61. The molecule has 1 heterocycles. The minimum Gasteiger partial charge on any atom is -0.497 e. The number of halogens is 2. The first kappa shape index (κ1) is 21.7. The fourth-order valence-corrected chi connectivity index (χ4v) is 3.67. The lowest BCUT2D eigenvalue weighted by molar-refractivity contribution is -0.117. The number of anilines is 1. The largest absolute Gasteiger partial charge is 0.497 e. The first-order valence-electron chi connectivity index (χ1n) is 9.39. The van der Waals surface area contributed by atoms with Gasteiger partial charge in [-0.15, -0.1) is 0 Å². The summed E-state index contributed by atoms with van der Waals surface area (Å²) in [4.78, 5) is 16.9. The average molecular weight is 438 g/mol. The number of nitrogens with one attached hydrogen (secondary N) is 1. The van der Waals surface area contributed by atoms with E-state index in [0.717, 1.165) is 49.8 Å². The molecule has 156 valence electrons. The Labute approximate surface area is 181 Å². The van der Waals surface area contributed by atoms with E-state index in [2.05, 4.69) is 15.1 Å². The highest BCUT2D eigenvalue weighted by Gasteiger charge is 2.20. The summed E-state index contributed by atoms with van der Waals surface area (Å²) in [7, 11) is 3.33. The Morgan fingerprint density at radius 3 is 2.41 bits per heavy atom. The molecular formula is C21H25Cl2N3O3. The van der Waals surface area contributed by atoms with Crippen LogP contribution in [0.4, 0.5) is 5.69 Å². The maximum Gasteiger partial charge on any atom is 0.238 e. The molecule has 1 fully saturated rings. The lowest BCUT2D eigenvalue weighted by Crippen LogP contribution is -2.48. The number of hydrogen-bond acceptors (Lipinski definition) is 5. The molecule has 0 spiro atoms. The number of ether oxygens (including phenoxy) is 2. The van der Waals surface area contributed by atoms with Gasteiger partial charge in [-0.3, -0.25) is 14.6 Å². The number of piperazine rings is 1. The van der Waals surface area contributed by atoms with Crippen molar-refractivity contribution in [3.63, 3.8) is 0 Å². The van der Waals surface area contributed by atoms with Gasteiger partial charge in [-0.25, -0.2) is 0 Å². The van der Waals surface area contributed by atoms with E-state index in [0.29, 0.717) is 22.3 Å². The number of rotatable bonds is 7. The molecule has 29 heavy (non-hydrogen) atoms. The molecule has 0 aliphatic carbocycles. The minimum atomic E-state index is -0.0999. The molecule has 1 N–H and O–H groups in total. The summed E-state index contributed by atoms with van der Waals surface area (Å²) in [5, 5.41) is 3.84. The molecule has 0 radical (unpaired) electrons. The zero-order valence-corrected chi connectivity index (χ0v) is 18.1. The normalized spacial score (nSPS) is 15.2. The van der Waals surface area contributed by atoms with Crippen molar-refractivity contribution in [3.8, 4) is 11.5 Å². The van der Waals surface area contributed by atoms with Gasteiger partial charge < -0.3 is 14.8 Å². The minimum absolute atomic E-state index is 0.0999. The van der Waals surface area contributed by atoms with Crippen LogP contribution in [0.1, 0.15) is 5.56 Å². The lowest BCUT2D eigenvalue weighted by Gasteiger charge is -2.34. The van der Waals surface area contributed by atoms with Crippen molar-refractivity contribution < 1.29 is 14.3 Å². The van der Waals surface area contributed by atoms with Gasteiger partial charge >= 0.3 is 0 Å². The first-order chi connectivity index (χ1) is 14.0. The fourth-order valence-electron chi connectivity index (χ4n) is 3.34. The zero-order chi connectivity index (χ0) is 20.8. The first-order valence-corrected chi connectivity index (χ1v) is 10.1. The van der Waals surface area contributed by atoms with Crippen molar-refractivity contribution in [2.45, 2.75) is 6.54 Å². The maximum absolute atomic E-state index is 12.4. The van der Waals surface area contributed by atoms with Crippen molar-refractivity contribution in [1.29, 1.82) is 0 Å². The van der Waals surface area contributed by atoms with Crippen LogP contribution in [0, 0.1) is 0 Å². The molecule has 0 bridgehead atoms. The van der Waals surface area contributed by atoms with Crippen LogP contribution in [0.2, 0.25) is 10.0 Å². The highest BCUT2D eigenvalue weighted by molar-refractivity contribution is 6.35. The predicted octanol–water partition coefficient (Wildman–Crippen LogP) is 3.77. The third-order valence-electron chi connectivity index (χ3n) is 4.92. The third-order valence-corrected chi connectivity index (χ3v) is 5.48. The van der Waals surface area contributed by atoms with Gasteiger partial charge in [0.15, 0.2) is 0 Å². The van der Waals surface area contributed by atoms with Gasteiger partial charge in [-0.2, -0.15) is 0 Å². The zero-order valence-electron chi connectivity index (χ0n) is 16.6. The third kappa shape index (κ3) is 6.00. The van der Waals surface area contributed by atoms with E-state index in [1.54, 1.807) is 32.4 Å². The molecule has 0 aromatic heterocycles. The van der Waals surface area contributed by atoms with E-state index in [1.807, 2.05) is 18.2 Å². The number of hydrogen-bond donors (Lipinski definition) is 1. The monoisotopic (exact) mass is 437 g/mol. The summed E-state index contributed by atoms with van der Waals surface area (Å²) in [6, 6.07) is 10.8. The Bertz CT molecular complexity index is 855. The van der Waals surface area contributed by atoms with Crippen LogP contribution in [-0.4, -0.2) is 62.7 Å². The van der Waals surface area contributed by atoms with Crippen LogP contribution >= 0.6 is 23.2 Å². The average Bonchev–Trinajstić information content (AvgIpc) is 2.72. The molecule has 1 saturated heterocycles. The van der Waals surface area contributed by atoms with E-state index in [9.17, 15) is 4.79 Å². The van der Waals surface area contributed by atoms with Gasteiger partial charge in [0.05, 0.1) is 31.5 Å². The highest BCUT2D eigenvalue weighted by atomic mass is 35.5. The summed E-state index contributed by atoms with van der Waals surface area (Å²) in [5.41, 5.74) is 1.63. The van der Waals surface area contributed by atoms with Crippen LogP contribution in [0.15, 0.2) is 36.4 Å². The lowest BCUT2D eigenvalue weighted by atomic mass is 10.1. The van der Waals surface area contributed by atoms with Gasteiger partial charge in [0.1, 0.15) is 11.5 Å². The predicted molar refractivity (Wildman–Crippen MR) is 116 cm³/mol. The second-order valence-corrected chi connectivity index (χ2v) is 7.75. The Morgan fingerprint density at radius 1 is 1.00 bits per heavy atom. The van der Waals surface area contributed by atoms with Crippen molar-refractivity contribution in [1.82, 2.24) is 9.80 Å². The molecule has 0 saturated carbocycles. The summed E-state index contributed by atoms with van der Waals surface area (Å²) < 4.78 is 10.8. The summed E-state index contributed by atoms with van der Waals surface area (Å²) >= 11 is 12.1. The molecule has 3 rings (SSSR count). The number of methoxy groups -OCH3 is 2. The fraction of sp³-hybridized carbons (Fsp3) is 0.381. The van der Waals surface area contributed by atoms with Crippen molar-refractivity contribution in [2.75, 3.05) is 52.3 Å². The Balaban J connectivity index is 1.50. The van der Waals surface area contributed by atoms with Crippen LogP contribution in [-0.2, 0) is 11.3 Å². The van der Waals surface area contributed by atoms with Crippen LogP contribution in [0.3, 0.4) is 0 Å². The van der Waals surface area contributed by atoms with Crippen LogP contribution in [0.5, 0.6) is 11.5 Å². The van der Waals surface area contributed by atoms with E-state index in [4.69, 9.17) is 32.7 Å². The van der Waals surface area contributed by atoms with E-state index >= 15 is 0 Å². The number of amides is 1. The van der Waals surface area contributed by atoms with Gasteiger partial charge in [0.2, 0.25) is 5.91 Å². The van der Waals surface area contributed by atoms with E-state index < -0.39 is 0 Å². The molecule has 0 unspecified atom stereocenters. The number of nitrogens with zero attached hydrogens (tertiary/aromatic N) is 2. The number of benzene rings is 2. The molecule has 8 heteroatoms. The summed E-state index contributed by atoms with van der Waals surface area (Å²) in [6.45, 7) is 4.45. The second-order valence-electron chi connectivity index (χ2n) is 6.90. The molecule has 1 aliphatic rings. The van der Waals surface area contributed by atoms with E-state index in [1.165, 1.54) is 0 Å². The van der Waals surface area contributed by atoms with Gasteiger partial charge in [-0.05, 0) is 36.4 Å². The highest BCUT2D eigenvalue weighted by Crippen LogP contribution is 2.26. The molecule has 2 aromatic carbocycles. The number of carbonyl (C=O) groups is 1. The molecule has 2 aromatic rings. The SMILES string of the molecule is COc1ccc(OC)c(CN2CCN(CC(=O)Nc3cc(Cl)ccc3Cl)CC2)c1. The van der Waals surface area contributed by atoms with Crippen LogP contribution in [0.25, 0.3) is 0 Å². The molecule has 1 amide bonds. The quantitative estimate of drug-likeness (QED) is 0.714. The summed E-state index contributed by atoms with van der Waals surface area (Å²) in [6.07, 6.45) is 0. The van der Waals surface area contributed by atoms with Gasteiger partial charge in [0.25, 0.3) is 0 Å². The second kappa shape index (κ2) is 10.2. The summed E-state index contributed by atoms with van der Waals surface area (Å²) in [5.74, 6) is 1.57. The van der Waals surface area contributed by atoms with Crippen molar-refractivity contribution in [3.05, 3.63) is 52.0 Å². The Morgan fingerprint density at radius 2 is 1.72 bits per heavy atom. The maximum atomic E-state index is 12.4. The topological polar surface area (TPSA) is 54.0 Å². The van der Waals surface area contributed by atoms with Crippen molar-refractivity contribution in [2.24, 2.45) is 0 Å². The van der Waals surface area contributed by atoms with Gasteiger partial charge in [-0.1, -0.05) is 23.2 Å². The number of carbonyl (C=O) groups excluding carboxylic acids is 1. The molecule has 0 atom stereocenters. The van der Waals surface area contributed by atoms with Crippen LogP contribution < -0.4 is 14.8 Å². The molecule has 1 aliphatic heterocycles. The van der Waals surface area contributed by atoms with E-state index in [-0.39, 0.29) is 5.91 Å². The van der Waals surface area contributed by atoms with Crippen molar-refractivity contribution >= 4 is 34.8 Å². The smallest absolute Gasteiger partial charge is 0.238 e. The van der Waals surface area contributed by atoms with Gasteiger partial charge in [0, 0.05) is 43.3 Å².